The third-order valence-electron chi connectivity index (χ3n) is 3.21. The molecule has 2 N–H and O–H groups in total. The molecule has 0 amide bonds. The highest BCUT2D eigenvalue weighted by molar-refractivity contribution is 5.45. The maximum atomic E-state index is 9.06. The van der Waals surface area contributed by atoms with Gasteiger partial charge in [0, 0.05) is 12.1 Å². The monoisotopic (exact) mass is 221 g/mol. The Morgan fingerprint density at radius 3 is 3.06 bits per heavy atom. The highest BCUT2D eigenvalue weighted by Gasteiger charge is 2.25. The van der Waals surface area contributed by atoms with Gasteiger partial charge in [-0.15, -0.1) is 0 Å². The molecule has 88 valence electrons. The second-order valence-corrected chi connectivity index (χ2v) is 4.37. The SMILES string of the molecule is COc1cccc2c1CCC2NC(C)CO. The molecule has 2 rings (SSSR count). The maximum absolute atomic E-state index is 9.06. The highest BCUT2D eigenvalue weighted by atomic mass is 16.5. The van der Waals surface area contributed by atoms with Gasteiger partial charge in [-0.3, -0.25) is 0 Å². The van der Waals surface area contributed by atoms with Crippen LogP contribution in [0.2, 0.25) is 0 Å². The van der Waals surface area contributed by atoms with Crippen molar-refractivity contribution in [2.75, 3.05) is 13.7 Å². The van der Waals surface area contributed by atoms with E-state index in [1.54, 1.807) is 7.11 Å². The van der Waals surface area contributed by atoms with Crippen LogP contribution >= 0.6 is 0 Å². The van der Waals surface area contributed by atoms with Gasteiger partial charge >= 0.3 is 0 Å². The van der Waals surface area contributed by atoms with Gasteiger partial charge in [-0.1, -0.05) is 12.1 Å². The van der Waals surface area contributed by atoms with Crippen molar-refractivity contribution < 1.29 is 9.84 Å². The predicted octanol–water partition coefficient (Wildman–Crippen LogP) is 1.65. The minimum Gasteiger partial charge on any atom is -0.496 e. The van der Waals surface area contributed by atoms with Gasteiger partial charge in [-0.25, -0.2) is 0 Å². The van der Waals surface area contributed by atoms with E-state index in [-0.39, 0.29) is 12.6 Å². The quantitative estimate of drug-likeness (QED) is 0.812. The van der Waals surface area contributed by atoms with Gasteiger partial charge in [-0.2, -0.15) is 0 Å². The molecule has 0 spiro atoms. The van der Waals surface area contributed by atoms with Gasteiger partial charge in [0.1, 0.15) is 5.75 Å². The molecule has 0 saturated carbocycles. The zero-order valence-corrected chi connectivity index (χ0v) is 9.86. The fraction of sp³-hybridized carbons (Fsp3) is 0.538. The number of aliphatic hydroxyl groups is 1. The fourth-order valence-electron chi connectivity index (χ4n) is 2.38. The molecular formula is C13H19NO2. The van der Waals surface area contributed by atoms with E-state index in [1.807, 2.05) is 19.1 Å². The maximum Gasteiger partial charge on any atom is 0.122 e. The summed E-state index contributed by atoms with van der Waals surface area (Å²) in [4.78, 5) is 0. The van der Waals surface area contributed by atoms with E-state index in [1.165, 1.54) is 11.1 Å². The molecule has 0 saturated heterocycles. The van der Waals surface area contributed by atoms with Crippen molar-refractivity contribution in [3.8, 4) is 5.75 Å². The van der Waals surface area contributed by atoms with Gasteiger partial charge in [0.05, 0.1) is 13.7 Å². The molecule has 16 heavy (non-hydrogen) atoms. The van der Waals surface area contributed by atoms with Crippen molar-refractivity contribution in [1.29, 1.82) is 0 Å². The summed E-state index contributed by atoms with van der Waals surface area (Å²) in [5, 5.41) is 12.5. The molecule has 1 aliphatic carbocycles. The largest absolute Gasteiger partial charge is 0.496 e. The average molecular weight is 221 g/mol. The second kappa shape index (κ2) is 4.85. The van der Waals surface area contributed by atoms with E-state index in [0.29, 0.717) is 6.04 Å². The molecular weight excluding hydrogens is 202 g/mol. The van der Waals surface area contributed by atoms with E-state index in [9.17, 15) is 0 Å². The van der Waals surface area contributed by atoms with E-state index in [2.05, 4.69) is 11.4 Å². The van der Waals surface area contributed by atoms with Crippen molar-refractivity contribution in [3.05, 3.63) is 29.3 Å². The first kappa shape index (κ1) is 11.4. The molecule has 2 atom stereocenters. The lowest BCUT2D eigenvalue weighted by molar-refractivity contribution is 0.240. The Morgan fingerprint density at radius 2 is 2.38 bits per heavy atom. The Labute approximate surface area is 96.4 Å². The lowest BCUT2D eigenvalue weighted by atomic mass is 10.1. The second-order valence-electron chi connectivity index (χ2n) is 4.37. The summed E-state index contributed by atoms with van der Waals surface area (Å²) in [6.45, 7) is 2.17. The minimum absolute atomic E-state index is 0.141. The number of aliphatic hydroxyl groups excluding tert-OH is 1. The van der Waals surface area contributed by atoms with Gasteiger partial charge in [-0.05, 0) is 37.0 Å². The van der Waals surface area contributed by atoms with E-state index in [4.69, 9.17) is 9.84 Å². The van der Waals surface area contributed by atoms with Crippen LogP contribution in [0.25, 0.3) is 0 Å². The number of methoxy groups -OCH3 is 1. The van der Waals surface area contributed by atoms with Crippen molar-refractivity contribution in [2.24, 2.45) is 0 Å². The molecule has 1 aliphatic rings. The molecule has 0 heterocycles. The Bertz CT molecular complexity index is 365. The van der Waals surface area contributed by atoms with Crippen molar-refractivity contribution in [1.82, 2.24) is 5.32 Å². The van der Waals surface area contributed by atoms with Crippen LogP contribution in [-0.2, 0) is 6.42 Å². The highest BCUT2D eigenvalue weighted by Crippen LogP contribution is 2.36. The molecule has 0 radical (unpaired) electrons. The number of ether oxygens (including phenoxy) is 1. The van der Waals surface area contributed by atoms with E-state index in [0.717, 1.165) is 18.6 Å². The average Bonchev–Trinajstić information content (AvgIpc) is 2.72. The van der Waals surface area contributed by atoms with Crippen molar-refractivity contribution in [3.63, 3.8) is 0 Å². The first-order valence-electron chi connectivity index (χ1n) is 5.79. The van der Waals surface area contributed by atoms with Crippen molar-refractivity contribution in [2.45, 2.75) is 31.8 Å². The Morgan fingerprint density at radius 1 is 1.56 bits per heavy atom. The first-order chi connectivity index (χ1) is 7.76. The lowest BCUT2D eigenvalue weighted by Gasteiger charge is -2.18. The molecule has 3 heteroatoms. The summed E-state index contributed by atoms with van der Waals surface area (Å²) in [6.07, 6.45) is 2.13. The number of hydrogen-bond donors (Lipinski definition) is 2. The molecule has 0 bridgehead atoms. The van der Waals surface area contributed by atoms with E-state index >= 15 is 0 Å². The molecule has 1 aromatic rings. The normalized spacial score (nSPS) is 20.6. The first-order valence-corrected chi connectivity index (χ1v) is 5.79. The molecule has 0 aliphatic heterocycles. The molecule has 0 fully saturated rings. The van der Waals surface area contributed by atoms with Crippen LogP contribution in [0.3, 0.4) is 0 Å². The Balaban J connectivity index is 2.20. The topological polar surface area (TPSA) is 41.5 Å². The van der Waals surface area contributed by atoms with Crippen LogP contribution < -0.4 is 10.1 Å². The zero-order chi connectivity index (χ0) is 11.5. The summed E-state index contributed by atoms with van der Waals surface area (Å²) in [5.41, 5.74) is 2.63. The number of hydrogen-bond acceptors (Lipinski definition) is 3. The molecule has 0 aromatic heterocycles. The lowest BCUT2D eigenvalue weighted by Crippen LogP contribution is -2.32. The molecule has 3 nitrogen and oxygen atoms in total. The summed E-state index contributed by atoms with van der Waals surface area (Å²) >= 11 is 0. The summed E-state index contributed by atoms with van der Waals surface area (Å²) in [6, 6.07) is 6.68. The summed E-state index contributed by atoms with van der Waals surface area (Å²) < 4.78 is 5.36. The summed E-state index contributed by atoms with van der Waals surface area (Å²) in [7, 11) is 1.71. The zero-order valence-electron chi connectivity index (χ0n) is 9.86. The van der Waals surface area contributed by atoms with Crippen LogP contribution in [0, 0.1) is 0 Å². The predicted molar refractivity (Wildman–Crippen MR) is 63.7 cm³/mol. The van der Waals surface area contributed by atoms with Gasteiger partial charge in [0.2, 0.25) is 0 Å². The molecule has 1 aromatic carbocycles. The number of rotatable bonds is 4. The van der Waals surface area contributed by atoms with Crippen LogP contribution in [0.4, 0.5) is 0 Å². The molecule has 2 unspecified atom stereocenters. The van der Waals surface area contributed by atoms with Gasteiger partial charge < -0.3 is 15.2 Å². The smallest absolute Gasteiger partial charge is 0.122 e. The minimum atomic E-state index is 0.141. The van der Waals surface area contributed by atoms with Crippen LogP contribution in [0.1, 0.15) is 30.5 Å². The number of fused-ring (bicyclic) bond motifs is 1. The Kier molecular flexibility index (Phi) is 3.46. The number of nitrogens with one attached hydrogen (secondary N) is 1. The van der Waals surface area contributed by atoms with Crippen molar-refractivity contribution >= 4 is 0 Å². The van der Waals surface area contributed by atoms with Gasteiger partial charge in [0.15, 0.2) is 0 Å². The fourth-order valence-corrected chi connectivity index (χ4v) is 2.38. The van der Waals surface area contributed by atoms with Gasteiger partial charge in [0.25, 0.3) is 0 Å². The third kappa shape index (κ3) is 2.06. The van der Waals surface area contributed by atoms with E-state index < -0.39 is 0 Å². The van der Waals surface area contributed by atoms with Crippen LogP contribution in [-0.4, -0.2) is 24.9 Å². The number of benzene rings is 1. The van der Waals surface area contributed by atoms with Crippen LogP contribution in [0.5, 0.6) is 5.75 Å². The van der Waals surface area contributed by atoms with Crippen LogP contribution in [0.15, 0.2) is 18.2 Å². The summed E-state index contributed by atoms with van der Waals surface area (Å²) in [5.74, 6) is 0.985. The third-order valence-corrected chi connectivity index (χ3v) is 3.21. The standard InChI is InChI=1S/C13H19NO2/c1-9(8-15)14-12-7-6-11-10(12)4-3-5-13(11)16-2/h3-5,9,12,14-15H,6-8H2,1-2H3. The Hall–Kier alpha value is -1.06.